The van der Waals surface area contributed by atoms with Gasteiger partial charge in [0.15, 0.2) is 0 Å². The zero-order valence-electron chi connectivity index (χ0n) is 11.6. The third-order valence-corrected chi connectivity index (χ3v) is 3.44. The fourth-order valence-corrected chi connectivity index (χ4v) is 2.57. The smallest absolute Gasteiger partial charge is 0.0934 e. The number of aromatic nitrogens is 1. The monoisotopic (exact) mass is 246 g/mol. The molecule has 98 valence electrons. The number of fused-ring (bicyclic) bond motifs is 1. The van der Waals surface area contributed by atoms with E-state index < -0.39 is 6.10 Å². The number of nitrogens with zero attached hydrogens (tertiary/aromatic N) is 1. The molecule has 1 atom stereocenters. The van der Waals surface area contributed by atoms with Gasteiger partial charge in [-0.25, -0.2) is 0 Å². The van der Waals surface area contributed by atoms with Gasteiger partial charge in [0.1, 0.15) is 0 Å². The van der Waals surface area contributed by atoms with E-state index in [9.17, 15) is 5.11 Å². The van der Waals surface area contributed by atoms with Crippen LogP contribution in [0, 0.1) is 0 Å². The van der Waals surface area contributed by atoms with Crippen LogP contribution in [0.4, 0.5) is 0 Å². The van der Waals surface area contributed by atoms with Crippen LogP contribution in [-0.4, -0.2) is 23.3 Å². The van der Waals surface area contributed by atoms with E-state index in [1.807, 2.05) is 20.3 Å². The molecular weight excluding hydrogens is 224 g/mol. The Balaban J connectivity index is 2.62. The molecule has 0 aliphatic heterocycles. The second-order valence-electron chi connectivity index (χ2n) is 5.17. The van der Waals surface area contributed by atoms with Crippen molar-refractivity contribution in [2.24, 2.45) is 7.05 Å². The van der Waals surface area contributed by atoms with Crippen LogP contribution in [0.25, 0.3) is 10.9 Å². The van der Waals surface area contributed by atoms with Crippen molar-refractivity contribution < 1.29 is 5.11 Å². The Morgan fingerprint density at radius 1 is 1.28 bits per heavy atom. The lowest BCUT2D eigenvalue weighted by Gasteiger charge is -2.11. The zero-order chi connectivity index (χ0) is 13.3. The molecule has 2 rings (SSSR count). The van der Waals surface area contributed by atoms with E-state index in [0.717, 1.165) is 10.9 Å². The van der Waals surface area contributed by atoms with Crippen molar-refractivity contribution in [3.05, 3.63) is 35.5 Å². The maximum absolute atomic E-state index is 10.2. The van der Waals surface area contributed by atoms with Crippen LogP contribution in [-0.2, 0) is 7.05 Å². The van der Waals surface area contributed by atoms with Gasteiger partial charge in [-0.1, -0.05) is 32.0 Å². The molecule has 0 aliphatic carbocycles. The summed E-state index contributed by atoms with van der Waals surface area (Å²) >= 11 is 0. The molecule has 0 bridgehead atoms. The molecular formula is C15H22N2O. The standard InChI is InChI=1S/C15H22N2O/c1-10(2)11-6-5-7-12-13(14(18)8-16-3)9-17(4)15(11)12/h5-7,9-10,14,16,18H,8H2,1-4H3. The summed E-state index contributed by atoms with van der Waals surface area (Å²) in [5, 5.41) is 14.4. The third-order valence-electron chi connectivity index (χ3n) is 3.44. The minimum Gasteiger partial charge on any atom is -0.387 e. The number of benzene rings is 1. The third kappa shape index (κ3) is 2.16. The Bertz CT molecular complexity index is 543. The maximum Gasteiger partial charge on any atom is 0.0934 e. The summed E-state index contributed by atoms with van der Waals surface area (Å²) in [6.45, 7) is 4.97. The molecule has 0 aliphatic rings. The number of nitrogens with one attached hydrogen (secondary N) is 1. The fraction of sp³-hybridized carbons (Fsp3) is 0.467. The minimum atomic E-state index is -0.457. The summed E-state index contributed by atoms with van der Waals surface area (Å²) in [5.41, 5.74) is 3.57. The van der Waals surface area contributed by atoms with Gasteiger partial charge < -0.3 is 15.0 Å². The van der Waals surface area contributed by atoms with Crippen LogP contribution in [0.2, 0.25) is 0 Å². The van der Waals surface area contributed by atoms with Gasteiger partial charge in [0.25, 0.3) is 0 Å². The fourth-order valence-electron chi connectivity index (χ4n) is 2.57. The molecule has 0 amide bonds. The van der Waals surface area contributed by atoms with Gasteiger partial charge >= 0.3 is 0 Å². The Hall–Kier alpha value is -1.32. The molecule has 0 spiro atoms. The average molecular weight is 246 g/mol. The van der Waals surface area contributed by atoms with E-state index in [0.29, 0.717) is 12.5 Å². The molecule has 2 aromatic rings. The Kier molecular flexibility index (Phi) is 3.73. The van der Waals surface area contributed by atoms with E-state index in [4.69, 9.17) is 0 Å². The van der Waals surface area contributed by atoms with Crippen LogP contribution >= 0.6 is 0 Å². The van der Waals surface area contributed by atoms with Gasteiger partial charge in [0.2, 0.25) is 0 Å². The molecule has 1 aromatic heterocycles. The van der Waals surface area contributed by atoms with Gasteiger partial charge in [0.05, 0.1) is 11.6 Å². The lowest BCUT2D eigenvalue weighted by Crippen LogP contribution is -2.16. The van der Waals surface area contributed by atoms with Crippen molar-refractivity contribution in [2.75, 3.05) is 13.6 Å². The lowest BCUT2D eigenvalue weighted by molar-refractivity contribution is 0.179. The van der Waals surface area contributed by atoms with Crippen molar-refractivity contribution in [1.29, 1.82) is 0 Å². The number of hydrogen-bond acceptors (Lipinski definition) is 2. The van der Waals surface area contributed by atoms with Gasteiger partial charge in [-0.3, -0.25) is 0 Å². The highest BCUT2D eigenvalue weighted by Crippen LogP contribution is 2.31. The SMILES string of the molecule is CNCC(O)c1cn(C)c2c(C(C)C)cccc12. The molecule has 3 nitrogen and oxygen atoms in total. The molecule has 0 saturated carbocycles. The van der Waals surface area contributed by atoms with E-state index in [2.05, 4.69) is 41.9 Å². The molecule has 1 aromatic carbocycles. The summed E-state index contributed by atoms with van der Waals surface area (Å²) in [7, 11) is 3.90. The van der Waals surface area contributed by atoms with Crippen LogP contribution in [0.5, 0.6) is 0 Å². The van der Waals surface area contributed by atoms with E-state index in [-0.39, 0.29) is 0 Å². The first-order chi connectivity index (χ1) is 8.56. The first kappa shape index (κ1) is 13.1. The van der Waals surface area contributed by atoms with Gasteiger partial charge in [-0.05, 0) is 18.5 Å². The van der Waals surface area contributed by atoms with Crippen molar-refractivity contribution in [1.82, 2.24) is 9.88 Å². The number of hydrogen-bond donors (Lipinski definition) is 2. The first-order valence-electron chi connectivity index (χ1n) is 6.46. The molecule has 3 heteroatoms. The van der Waals surface area contributed by atoms with Gasteiger partial charge in [0, 0.05) is 30.7 Å². The quantitative estimate of drug-likeness (QED) is 0.870. The maximum atomic E-state index is 10.2. The van der Waals surface area contributed by atoms with Crippen molar-refractivity contribution in [2.45, 2.75) is 25.9 Å². The normalized spacial score (nSPS) is 13.4. The number of aliphatic hydroxyl groups is 1. The van der Waals surface area contributed by atoms with E-state index >= 15 is 0 Å². The Labute approximate surface area is 108 Å². The van der Waals surface area contributed by atoms with E-state index in [1.165, 1.54) is 11.1 Å². The summed E-state index contributed by atoms with van der Waals surface area (Å²) in [6, 6.07) is 6.34. The predicted octanol–water partition coefficient (Wildman–Crippen LogP) is 2.55. The van der Waals surface area contributed by atoms with Crippen molar-refractivity contribution in [3.8, 4) is 0 Å². The molecule has 0 fully saturated rings. The number of para-hydroxylation sites is 1. The number of aliphatic hydroxyl groups excluding tert-OH is 1. The van der Waals surface area contributed by atoms with Gasteiger partial charge in [-0.2, -0.15) is 0 Å². The van der Waals surface area contributed by atoms with Gasteiger partial charge in [-0.15, -0.1) is 0 Å². The van der Waals surface area contributed by atoms with E-state index in [1.54, 1.807) is 0 Å². The highest BCUT2D eigenvalue weighted by molar-refractivity contribution is 5.87. The topological polar surface area (TPSA) is 37.2 Å². The summed E-state index contributed by atoms with van der Waals surface area (Å²) in [6.07, 6.45) is 1.58. The van der Waals surface area contributed by atoms with Crippen LogP contribution in [0.15, 0.2) is 24.4 Å². The van der Waals surface area contributed by atoms with Crippen molar-refractivity contribution in [3.63, 3.8) is 0 Å². The molecule has 0 saturated heterocycles. The molecule has 18 heavy (non-hydrogen) atoms. The minimum absolute atomic E-state index is 0.457. The summed E-state index contributed by atoms with van der Waals surface area (Å²) < 4.78 is 2.12. The molecule has 1 heterocycles. The average Bonchev–Trinajstić information content (AvgIpc) is 2.67. The summed E-state index contributed by atoms with van der Waals surface area (Å²) in [5.74, 6) is 0.483. The zero-order valence-corrected chi connectivity index (χ0v) is 11.6. The molecule has 0 radical (unpaired) electrons. The Morgan fingerprint density at radius 3 is 2.61 bits per heavy atom. The van der Waals surface area contributed by atoms with Crippen molar-refractivity contribution >= 4 is 10.9 Å². The van der Waals surface area contributed by atoms with Crippen LogP contribution in [0.3, 0.4) is 0 Å². The Morgan fingerprint density at radius 2 is 2.00 bits per heavy atom. The number of rotatable bonds is 4. The van der Waals surface area contributed by atoms with Crippen LogP contribution in [0.1, 0.15) is 37.0 Å². The highest BCUT2D eigenvalue weighted by Gasteiger charge is 2.16. The predicted molar refractivity (Wildman–Crippen MR) is 75.9 cm³/mol. The van der Waals surface area contributed by atoms with Crippen LogP contribution < -0.4 is 5.32 Å². The highest BCUT2D eigenvalue weighted by atomic mass is 16.3. The second-order valence-corrected chi connectivity index (χ2v) is 5.17. The first-order valence-corrected chi connectivity index (χ1v) is 6.46. The largest absolute Gasteiger partial charge is 0.387 e. The lowest BCUT2D eigenvalue weighted by atomic mass is 9.98. The molecule has 1 unspecified atom stereocenters. The number of likely N-dealkylation sites (N-methyl/N-ethyl adjacent to an activating group) is 1. The number of aryl methyl sites for hydroxylation is 1. The molecule has 2 N–H and O–H groups in total. The summed E-state index contributed by atoms with van der Waals surface area (Å²) in [4.78, 5) is 0. The second kappa shape index (κ2) is 5.12.